The van der Waals surface area contributed by atoms with E-state index in [1.54, 1.807) is 24.1 Å². The first-order chi connectivity index (χ1) is 15.3. The first kappa shape index (κ1) is 22.3. The highest BCUT2D eigenvalue weighted by atomic mass is 35.5. The van der Waals surface area contributed by atoms with Crippen LogP contribution in [0.4, 0.5) is 0 Å². The molecule has 2 aliphatic rings. The molecule has 2 aromatic carbocycles. The lowest BCUT2D eigenvalue weighted by Crippen LogP contribution is -2.36. The number of aryl methyl sites for hydroxylation is 1. The fraction of sp³-hybridized carbons (Fsp3) is 0.280. The number of nitrogens with two attached hydrogens (primary N) is 1. The van der Waals surface area contributed by atoms with E-state index in [0.29, 0.717) is 51.4 Å². The van der Waals surface area contributed by atoms with E-state index in [-0.39, 0.29) is 5.78 Å². The van der Waals surface area contributed by atoms with Gasteiger partial charge in [-0.25, -0.2) is 0 Å². The standard InChI is InChI=1S/C25H23Cl2N3O2/c1-14-6-8-15(9-7-14)13-32-24-18(26)10-16(11-19(24)27)22-17(12-28)25(29)30(2)20-4-3-5-21(31)23(20)22/h6-11,22H,3-5,13,29H2,1-2H3/t22-/m1/s1. The topological polar surface area (TPSA) is 79.3 Å². The Kier molecular flexibility index (Phi) is 6.19. The molecule has 0 unspecified atom stereocenters. The van der Waals surface area contributed by atoms with Gasteiger partial charge in [0.05, 0.1) is 27.6 Å². The summed E-state index contributed by atoms with van der Waals surface area (Å²) in [4.78, 5) is 14.7. The van der Waals surface area contributed by atoms with Crippen molar-refractivity contribution in [3.8, 4) is 11.8 Å². The highest BCUT2D eigenvalue weighted by Crippen LogP contribution is 2.46. The van der Waals surface area contributed by atoms with Crippen molar-refractivity contribution in [2.45, 2.75) is 38.7 Å². The average Bonchev–Trinajstić information content (AvgIpc) is 2.77. The molecular formula is C25H23Cl2N3O2. The molecule has 0 fully saturated rings. The smallest absolute Gasteiger partial charge is 0.161 e. The Morgan fingerprint density at radius 1 is 1.19 bits per heavy atom. The van der Waals surface area contributed by atoms with E-state index in [4.69, 9.17) is 33.7 Å². The van der Waals surface area contributed by atoms with Crippen molar-refractivity contribution in [3.63, 3.8) is 0 Å². The molecule has 1 aliphatic carbocycles. The Hall–Kier alpha value is -2.94. The number of rotatable bonds is 4. The number of carbonyl (C=O) groups excluding carboxylic acids is 1. The lowest BCUT2D eigenvalue weighted by molar-refractivity contribution is -0.116. The molecule has 0 saturated carbocycles. The van der Waals surface area contributed by atoms with Crippen LogP contribution in [0, 0.1) is 18.3 Å². The molecule has 1 aliphatic heterocycles. The fourth-order valence-corrected chi connectivity index (χ4v) is 4.93. The van der Waals surface area contributed by atoms with Crippen molar-refractivity contribution >= 4 is 29.0 Å². The number of carbonyl (C=O) groups is 1. The fourth-order valence-electron chi connectivity index (χ4n) is 4.32. The molecule has 4 rings (SSSR count). The molecule has 0 radical (unpaired) electrons. The van der Waals surface area contributed by atoms with E-state index in [1.165, 1.54) is 5.56 Å². The van der Waals surface area contributed by atoms with Crippen LogP contribution in [0.3, 0.4) is 0 Å². The maximum absolute atomic E-state index is 12.9. The Morgan fingerprint density at radius 2 is 1.84 bits per heavy atom. The number of Topliss-reactive ketones (excluding diaryl/α,β-unsaturated/α-hetero) is 1. The Labute approximate surface area is 197 Å². The molecule has 164 valence electrons. The molecule has 2 N–H and O–H groups in total. The minimum absolute atomic E-state index is 0.0234. The Balaban J connectivity index is 1.72. The summed E-state index contributed by atoms with van der Waals surface area (Å²) in [6.45, 7) is 2.34. The van der Waals surface area contributed by atoms with Gasteiger partial charge in [0.2, 0.25) is 0 Å². The summed E-state index contributed by atoms with van der Waals surface area (Å²) in [6, 6.07) is 13.6. The van der Waals surface area contributed by atoms with E-state index in [1.807, 2.05) is 31.2 Å². The average molecular weight is 468 g/mol. The van der Waals surface area contributed by atoms with Crippen molar-refractivity contribution in [3.05, 3.63) is 85.8 Å². The predicted molar refractivity (Wildman–Crippen MR) is 125 cm³/mol. The molecule has 7 heteroatoms. The number of halogens is 2. The van der Waals surface area contributed by atoms with Gasteiger partial charge in [-0.3, -0.25) is 4.79 Å². The predicted octanol–water partition coefficient (Wildman–Crippen LogP) is 5.61. The highest BCUT2D eigenvalue weighted by Gasteiger charge is 2.39. The van der Waals surface area contributed by atoms with Crippen LogP contribution in [0.2, 0.25) is 10.0 Å². The molecule has 0 spiro atoms. The second kappa shape index (κ2) is 8.90. The van der Waals surface area contributed by atoms with Gasteiger partial charge in [-0.05, 0) is 43.0 Å². The molecule has 0 amide bonds. The third kappa shape index (κ3) is 3.97. The van der Waals surface area contributed by atoms with Gasteiger partial charge in [0.25, 0.3) is 0 Å². The van der Waals surface area contributed by atoms with Gasteiger partial charge in [-0.1, -0.05) is 53.0 Å². The van der Waals surface area contributed by atoms with Gasteiger partial charge < -0.3 is 15.4 Å². The first-order valence-electron chi connectivity index (χ1n) is 10.4. The van der Waals surface area contributed by atoms with Crippen molar-refractivity contribution in [2.75, 3.05) is 7.05 Å². The number of ether oxygens (including phenoxy) is 1. The zero-order valence-corrected chi connectivity index (χ0v) is 19.4. The lowest BCUT2D eigenvalue weighted by atomic mass is 9.76. The Bertz CT molecular complexity index is 1170. The summed E-state index contributed by atoms with van der Waals surface area (Å²) < 4.78 is 5.90. The number of hydrogen-bond donors (Lipinski definition) is 1. The van der Waals surface area contributed by atoms with Crippen molar-refractivity contribution < 1.29 is 9.53 Å². The highest BCUT2D eigenvalue weighted by molar-refractivity contribution is 6.37. The van der Waals surface area contributed by atoms with E-state index >= 15 is 0 Å². The second-order valence-corrected chi connectivity index (χ2v) is 8.94. The van der Waals surface area contributed by atoms with Gasteiger partial charge >= 0.3 is 0 Å². The summed E-state index contributed by atoms with van der Waals surface area (Å²) in [6.07, 6.45) is 1.94. The quantitative estimate of drug-likeness (QED) is 0.631. The van der Waals surface area contributed by atoms with Crippen molar-refractivity contribution in [1.82, 2.24) is 4.90 Å². The van der Waals surface area contributed by atoms with Gasteiger partial charge in [0, 0.05) is 24.7 Å². The third-order valence-electron chi connectivity index (χ3n) is 6.03. The van der Waals surface area contributed by atoms with Crippen LogP contribution in [0.15, 0.2) is 59.1 Å². The zero-order chi connectivity index (χ0) is 23.0. The molecular weight excluding hydrogens is 445 g/mol. The molecule has 32 heavy (non-hydrogen) atoms. The minimum atomic E-state index is -0.597. The van der Waals surface area contributed by atoms with E-state index in [9.17, 15) is 10.1 Å². The molecule has 2 aromatic rings. The number of nitrogens with zero attached hydrogens (tertiary/aromatic N) is 2. The largest absolute Gasteiger partial charge is 0.486 e. The number of ketones is 1. The van der Waals surface area contributed by atoms with Crippen LogP contribution in [0.1, 0.15) is 41.9 Å². The van der Waals surface area contributed by atoms with E-state index in [0.717, 1.165) is 24.1 Å². The number of hydrogen-bond acceptors (Lipinski definition) is 5. The maximum Gasteiger partial charge on any atom is 0.161 e. The summed E-state index contributed by atoms with van der Waals surface area (Å²) in [7, 11) is 1.79. The van der Waals surface area contributed by atoms with Gasteiger partial charge in [0.15, 0.2) is 11.5 Å². The maximum atomic E-state index is 12.9. The summed E-state index contributed by atoms with van der Waals surface area (Å²) in [5.41, 5.74) is 10.9. The van der Waals surface area contributed by atoms with Crippen molar-refractivity contribution in [1.29, 1.82) is 5.26 Å². The summed E-state index contributed by atoms with van der Waals surface area (Å²) in [5, 5.41) is 10.5. The number of benzene rings is 2. The molecule has 1 heterocycles. The summed E-state index contributed by atoms with van der Waals surface area (Å²) in [5.74, 6) is 0.138. The van der Waals surface area contributed by atoms with Crippen LogP contribution in [-0.4, -0.2) is 17.7 Å². The molecule has 5 nitrogen and oxygen atoms in total. The van der Waals surface area contributed by atoms with Crippen molar-refractivity contribution in [2.24, 2.45) is 5.73 Å². The SMILES string of the molecule is Cc1ccc(COc2c(Cl)cc([C@@H]3C(C#N)=C(N)N(C)C4=C3C(=O)CCC4)cc2Cl)cc1. The second-order valence-electron chi connectivity index (χ2n) is 8.13. The molecule has 0 aromatic heterocycles. The normalized spacial score (nSPS) is 18.5. The molecule has 0 saturated heterocycles. The lowest BCUT2D eigenvalue weighted by Gasteiger charge is -2.37. The van der Waals surface area contributed by atoms with Crippen LogP contribution >= 0.6 is 23.2 Å². The van der Waals surface area contributed by atoms with Gasteiger partial charge in [0.1, 0.15) is 12.4 Å². The van der Waals surface area contributed by atoms with Crippen LogP contribution in [0.5, 0.6) is 5.75 Å². The molecule has 1 atom stereocenters. The third-order valence-corrected chi connectivity index (χ3v) is 6.59. The van der Waals surface area contributed by atoms with Crippen LogP contribution in [-0.2, 0) is 11.4 Å². The zero-order valence-electron chi connectivity index (χ0n) is 17.9. The van der Waals surface area contributed by atoms with Gasteiger partial charge in [-0.2, -0.15) is 5.26 Å². The number of allylic oxidation sites excluding steroid dienone is 3. The Morgan fingerprint density at radius 3 is 2.47 bits per heavy atom. The first-order valence-corrected chi connectivity index (χ1v) is 11.1. The van der Waals surface area contributed by atoms with E-state index in [2.05, 4.69) is 6.07 Å². The summed E-state index contributed by atoms with van der Waals surface area (Å²) >= 11 is 13.1. The number of nitriles is 1. The van der Waals surface area contributed by atoms with Crippen LogP contribution < -0.4 is 10.5 Å². The monoisotopic (exact) mass is 467 g/mol. The van der Waals surface area contributed by atoms with Gasteiger partial charge in [-0.15, -0.1) is 0 Å². The minimum Gasteiger partial charge on any atom is -0.486 e. The van der Waals surface area contributed by atoms with E-state index < -0.39 is 5.92 Å². The molecule has 0 bridgehead atoms. The van der Waals surface area contributed by atoms with Crippen LogP contribution in [0.25, 0.3) is 0 Å².